The SMILES string of the molecule is Nc1ccc(C2=Nn3c(nnc3-c3ccncc3)Cc3ccc(Cl)cc32)cc1. The summed E-state index contributed by atoms with van der Waals surface area (Å²) in [6.07, 6.45) is 4.06. The number of rotatable bonds is 2. The molecule has 0 saturated heterocycles. The van der Waals surface area contributed by atoms with Gasteiger partial charge in [0.2, 0.25) is 0 Å². The van der Waals surface area contributed by atoms with E-state index in [4.69, 9.17) is 22.4 Å². The molecule has 1 aliphatic rings. The lowest BCUT2D eigenvalue weighted by molar-refractivity contribution is 0.811. The number of nitrogens with two attached hydrogens (primary N) is 1. The number of nitrogens with zero attached hydrogens (tertiary/aromatic N) is 5. The van der Waals surface area contributed by atoms with Crippen molar-refractivity contribution in [3.8, 4) is 11.4 Å². The largest absolute Gasteiger partial charge is 0.399 e. The van der Waals surface area contributed by atoms with Crippen molar-refractivity contribution in [2.45, 2.75) is 6.42 Å². The molecule has 6 nitrogen and oxygen atoms in total. The van der Waals surface area contributed by atoms with Gasteiger partial charge in [-0.25, -0.2) is 0 Å². The van der Waals surface area contributed by atoms with Gasteiger partial charge in [0.1, 0.15) is 0 Å². The predicted octanol–water partition coefficient (Wildman–Crippen LogP) is 3.78. The molecule has 0 aliphatic carbocycles. The van der Waals surface area contributed by atoms with E-state index < -0.39 is 0 Å². The first kappa shape index (κ1) is 16.6. The quantitative estimate of drug-likeness (QED) is 0.468. The molecule has 2 N–H and O–H groups in total. The van der Waals surface area contributed by atoms with Crippen LogP contribution in [0.15, 0.2) is 72.1 Å². The van der Waals surface area contributed by atoms with E-state index in [9.17, 15) is 0 Å². The third kappa shape index (κ3) is 2.84. The topological polar surface area (TPSA) is 82.0 Å². The highest BCUT2D eigenvalue weighted by atomic mass is 35.5. The summed E-state index contributed by atoms with van der Waals surface area (Å²) in [5, 5.41) is 14.4. The summed E-state index contributed by atoms with van der Waals surface area (Å²) < 4.78 is 1.80. The van der Waals surface area contributed by atoms with Crippen molar-refractivity contribution >= 4 is 23.0 Å². The zero-order valence-corrected chi connectivity index (χ0v) is 15.5. The number of benzene rings is 2. The zero-order chi connectivity index (χ0) is 19.1. The molecule has 0 bridgehead atoms. The van der Waals surface area contributed by atoms with Crippen LogP contribution >= 0.6 is 11.6 Å². The van der Waals surface area contributed by atoms with Gasteiger partial charge < -0.3 is 5.73 Å². The smallest absolute Gasteiger partial charge is 0.185 e. The Bertz CT molecular complexity index is 1200. The minimum Gasteiger partial charge on any atom is -0.399 e. The molecule has 28 heavy (non-hydrogen) atoms. The molecule has 4 aromatic rings. The third-order valence-corrected chi connectivity index (χ3v) is 4.94. The number of halogens is 1. The Morgan fingerprint density at radius 3 is 2.46 bits per heavy atom. The molecular formula is C21H15ClN6. The van der Waals surface area contributed by atoms with E-state index in [0.717, 1.165) is 33.8 Å². The van der Waals surface area contributed by atoms with Gasteiger partial charge in [-0.05, 0) is 42.0 Å². The van der Waals surface area contributed by atoms with Crippen molar-refractivity contribution in [1.29, 1.82) is 0 Å². The minimum absolute atomic E-state index is 0.604. The Kier molecular flexibility index (Phi) is 3.91. The second kappa shape index (κ2) is 6.58. The molecule has 0 radical (unpaired) electrons. The first-order valence-corrected chi connectivity index (χ1v) is 9.15. The first-order valence-electron chi connectivity index (χ1n) is 8.77. The second-order valence-electron chi connectivity index (χ2n) is 6.54. The van der Waals surface area contributed by atoms with Crippen LogP contribution in [0.2, 0.25) is 5.02 Å². The molecule has 5 rings (SSSR count). The van der Waals surface area contributed by atoms with Crippen LogP contribution < -0.4 is 5.73 Å². The van der Waals surface area contributed by atoms with Crippen molar-refractivity contribution in [3.05, 3.63) is 94.5 Å². The number of anilines is 1. The molecule has 2 aromatic carbocycles. The van der Waals surface area contributed by atoms with Crippen molar-refractivity contribution in [3.63, 3.8) is 0 Å². The molecule has 0 fully saturated rings. The second-order valence-corrected chi connectivity index (χ2v) is 6.97. The molecule has 7 heteroatoms. The Hall–Kier alpha value is -3.51. The fraction of sp³-hybridized carbons (Fsp3) is 0.0476. The van der Waals surface area contributed by atoms with Crippen molar-refractivity contribution < 1.29 is 0 Å². The van der Waals surface area contributed by atoms with E-state index in [1.165, 1.54) is 0 Å². The Balaban J connectivity index is 1.77. The lowest BCUT2D eigenvalue weighted by Gasteiger charge is -2.10. The van der Waals surface area contributed by atoms with Crippen LogP contribution in [0.4, 0.5) is 5.69 Å². The maximum absolute atomic E-state index is 6.30. The van der Waals surface area contributed by atoms with Gasteiger partial charge in [0.25, 0.3) is 0 Å². The Morgan fingerprint density at radius 2 is 1.68 bits per heavy atom. The normalized spacial score (nSPS) is 12.7. The highest BCUT2D eigenvalue weighted by Gasteiger charge is 2.23. The summed E-state index contributed by atoms with van der Waals surface area (Å²) in [6, 6.07) is 17.3. The molecule has 3 heterocycles. The fourth-order valence-corrected chi connectivity index (χ4v) is 3.48. The van der Waals surface area contributed by atoms with Crippen LogP contribution in [-0.4, -0.2) is 25.6 Å². The molecule has 0 unspecified atom stereocenters. The molecule has 136 valence electrons. The van der Waals surface area contributed by atoms with E-state index in [2.05, 4.69) is 15.2 Å². The maximum Gasteiger partial charge on any atom is 0.185 e. The van der Waals surface area contributed by atoms with Crippen molar-refractivity contribution in [1.82, 2.24) is 19.9 Å². The number of aromatic nitrogens is 4. The summed E-state index contributed by atoms with van der Waals surface area (Å²) >= 11 is 6.30. The minimum atomic E-state index is 0.604. The molecule has 0 amide bonds. The number of hydrogen-bond acceptors (Lipinski definition) is 5. The van der Waals surface area contributed by atoms with Gasteiger partial charge >= 0.3 is 0 Å². The highest BCUT2D eigenvalue weighted by Crippen LogP contribution is 2.28. The Morgan fingerprint density at radius 1 is 0.893 bits per heavy atom. The summed E-state index contributed by atoms with van der Waals surface area (Å²) in [5.41, 5.74) is 11.3. The van der Waals surface area contributed by atoms with Crippen molar-refractivity contribution in [2.24, 2.45) is 5.10 Å². The molecule has 1 aliphatic heterocycles. The standard InChI is InChI=1S/C21H15ClN6/c22-16-4-1-15-11-19-25-26-21(14-7-9-24-10-8-14)28(19)27-20(18(15)12-16)13-2-5-17(23)6-3-13/h1-10,12H,11,23H2. The predicted molar refractivity (Wildman–Crippen MR) is 109 cm³/mol. The van der Waals surface area contributed by atoms with Crippen LogP contribution in [0.3, 0.4) is 0 Å². The van der Waals surface area contributed by atoms with Crippen LogP contribution in [0.1, 0.15) is 22.5 Å². The number of fused-ring (bicyclic) bond motifs is 2. The van der Waals surface area contributed by atoms with Crippen LogP contribution in [0, 0.1) is 0 Å². The summed E-state index contributed by atoms with van der Waals surface area (Å²) in [4.78, 5) is 4.08. The van der Waals surface area contributed by atoms with Gasteiger partial charge in [-0.2, -0.15) is 9.78 Å². The summed E-state index contributed by atoms with van der Waals surface area (Å²) in [6.45, 7) is 0. The van der Waals surface area contributed by atoms with Crippen LogP contribution in [-0.2, 0) is 6.42 Å². The lowest BCUT2D eigenvalue weighted by atomic mass is 9.96. The molecular weight excluding hydrogens is 372 g/mol. The molecule has 0 atom stereocenters. The number of pyridine rings is 1. The number of hydrogen-bond donors (Lipinski definition) is 1. The van der Waals surface area contributed by atoms with Gasteiger partial charge in [-0.15, -0.1) is 10.2 Å². The van der Waals surface area contributed by atoms with Crippen LogP contribution in [0.25, 0.3) is 11.4 Å². The molecule has 0 saturated carbocycles. The van der Waals surface area contributed by atoms with Crippen molar-refractivity contribution in [2.75, 3.05) is 5.73 Å². The average molecular weight is 387 g/mol. The van der Waals surface area contributed by atoms with Gasteiger partial charge in [0.15, 0.2) is 11.6 Å². The van der Waals surface area contributed by atoms with E-state index >= 15 is 0 Å². The number of nitrogen functional groups attached to an aromatic ring is 1. The third-order valence-electron chi connectivity index (χ3n) is 4.70. The summed E-state index contributed by atoms with van der Waals surface area (Å²) in [7, 11) is 0. The van der Waals surface area contributed by atoms with Gasteiger partial charge in [-0.3, -0.25) is 4.98 Å². The lowest BCUT2D eigenvalue weighted by Crippen LogP contribution is -2.07. The van der Waals surface area contributed by atoms with E-state index in [-0.39, 0.29) is 0 Å². The average Bonchev–Trinajstić information content (AvgIpc) is 3.04. The Labute approximate surface area is 166 Å². The monoisotopic (exact) mass is 386 g/mol. The first-order chi connectivity index (χ1) is 13.7. The van der Waals surface area contributed by atoms with E-state index in [1.807, 2.05) is 54.6 Å². The fourth-order valence-electron chi connectivity index (χ4n) is 3.31. The van der Waals surface area contributed by atoms with Gasteiger partial charge in [0, 0.05) is 46.2 Å². The summed E-state index contributed by atoms with van der Waals surface area (Å²) in [5.74, 6) is 1.44. The van der Waals surface area contributed by atoms with Gasteiger partial charge in [-0.1, -0.05) is 29.8 Å². The van der Waals surface area contributed by atoms with Crippen LogP contribution in [0.5, 0.6) is 0 Å². The van der Waals surface area contributed by atoms with E-state index in [1.54, 1.807) is 17.1 Å². The maximum atomic E-state index is 6.30. The molecule has 0 spiro atoms. The highest BCUT2D eigenvalue weighted by molar-refractivity contribution is 6.31. The van der Waals surface area contributed by atoms with Gasteiger partial charge in [0.05, 0.1) is 5.71 Å². The van der Waals surface area contributed by atoms with E-state index in [0.29, 0.717) is 23.0 Å². The molecule has 2 aromatic heterocycles. The zero-order valence-electron chi connectivity index (χ0n) is 14.7.